The second kappa shape index (κ2) is 5.86. The molecule has 1 aliphatic heterocycles. The van der Waals surface area contributed by atoms with Gasteiger partial charge in [0, 0.05) is 18.6 Å². The molecule has 1 rings (SSSR count). The average molecular weight is 212 g/mol. The molecule has 0 aliphatic carbocycles. The van der Waals surface area contributed by atoms with Crippen molar-refractivity contribution >= 4 is 0 Å². The number of piperidine rings is 1. The molecule has 1 aliphatic rings. The maximum absolute atomic E-state index is 2.60. The molecule has 0 saturated carbocycles. The van der Waals surface area contributed by atoms with Crippen LogP contribution in [0.5, 0.6) is 0 Å². The lowest BCUT2D eigenvalue weighted by molar-refractivity contribution is 0.121. The third-order valence-corrected chi connectivity index (χ3v) is 3.81. The summed E-state index contributed by atoms with van der Waals surface area (Å²) in [5, 5.41) is 0. The summed E-state index contributed by atoms with van der Waals surface area (Å²) >= 11 is 0. The third-order valence-electron chi connectivity index (χ3n) is 3.81. The van der Waals surface area contributed by atoms with E-state index < -0.39 is 0 Å². The molecule has 1 heterocycles. The topological polar surface area (TPSA) is 6.48 Å². The smallest absolute Gasteiger partial charge is 0.00385 e. The predicted octanol–water partition coefficient (Wildman–Crippen LogP) is 2.45. The van der Waals surface area contributed by atoms with E-state index in [1.165, 1.54) is 32.5 Å². The number of hydrogen-bond acceptors (Lipinski definition) is 2. The molecule has 0 aromatic carbocycles. The van der Waals surface area contributed by atoms with Crippen LogP contribution in [-0.2, 0) is 0 Å². The Hall–Kier alpha value is -0.0800. The maximum atomic E-state index is 2.60. The fourth-order valence-electron chi connectivity index (χ4n) is 2.27. The standard InChI is InChI=1S/C13H28N2/c1-11(2)14(5)10-13-6-8-15(9-7-13)12(3)4/h11-13H,6-10H2,1-5H3. The van der Waals surface area contributed by atoms with Crippen molar-refractivity contribution in [1.82, 2.24) is 9.80 Å². The molecule has 0 amide bonds. The normalized spacial score (nSPS) is 20.8. The van der Waals surface area contributed by atoms with Gasteiger partial charge in [0.05, 0.1) is 0 Å². The first-order valence-corrected chi connectivity index (χ1v) is 6.45. The van der Waals surface area contributed by atoms with Gasteiger partial charge in [-0.25, -0.2) is 0 Å². The van der Waals surface area contributed by atoms with E-state index >= 15 is 0 Å². The molecule has 0 aromatic rings. The van der Waals surface area contributed by atoms with Crippen molar-refractivity contribution < 1.29 is 0 Å². The van der Waals surface area contributed by atoms with Gasteiger partial charge < -0.3 is 9.80 Å². The van der Waals surface area contributed by atoms with E-state index in [0.29, 0.717) is 6.04 Å². The zero-order valence-corrected chi connectivity index (χ0v) is 11.2. The molecule has 0 N–H and O–H groups in total. The fraction of sp³-hybridized carbons (Fsp3) is 1.00. The van der Waals surface area contributed by atoms with Gasteiger partial charge in [0.25, 0.3) is 0 Å². The van der Waals surface area contributed by atoms with Crippen LogP contribution < -0.4 is 0 Å². The van der Waals surface area contributed by atoms with Crippen molar-refractivity contribution in [3.8, 4) is 0 Å². The van der Waals surface area contributed by atoms with Crippen molar-refractivity contribution in [3.63, 3.8) is 0 Å². The molecule has 15 heavy (non-hydrogen) atoms. The summed E-state index contributed by atoms with van der Waals surface area (Å²) in [6, 6.07) is 1.42. The summed E-state index contributed by atoms with van der Waals surface area (Å²) in [6.07, 6.45) is 2.77. The lowest BCUT2D eigenvalue weighted by Crippen LogP contribution is -2.42. The van der Waals surface area contributed by atoms with Crippen LogP contribution in [0.4, 0.5) is 0 Å². The Bertz CT molecular complexity index is 169. The van der Waals surface area contributed by atoms with Gasteiger partial charge in [-0.15, -0.1) is 0 Å². The summed E-state index contributed by atoms with van der Waals surface area (Å²) in [7, 11) is 2.25. The monoisotopic (exact) mass is 212 g/mol. The molecular formula is C13H28N2. The van der Waals surface area contributed by atoms with E-state index in [0.717, 1.165) is 12.0 Å². The minimum atomic E-state index is 0.688. The van der Waals surface area contributed by atoms with E-state index in [1.807, 2.05) is 0 Å². The third kappa shape index (κ3) is 4.12. The summed E-state index contributed by atoms with van der Waals surface area (Å²) in [5.41, 5.74) is 0. The van der Waals surface area contributed by atoms with Crippen LogP contribution in [0.1, 0.15) is 40.5 Å². The van der Waals surface area contributed by atoms with Gasteiger partial charge in [-0.3, -0.25) is 0 Å². The SMILES string of the molecule is CC(C)N(C)CC1CCN(C(C)C)CC1. The van der Waals surface area contributed by atoms with Crippen molar-refractivity contribution in [3.05, 3.63) is 0 Å². The van der Waals surface area contributed by atoms with Crippen molar-refractivity contribution in [2.24, 2.45) is 5.92 Å². The van der Waals surface area contributed by atoms with Crippen LogP contribution in [0.2, 0.25) is 0 Å². The molecule has 0 unspecified atom stereocenters. The molecule has 2 nitrogen and oxygen atoms in total. The lowest BCUT2D eigenvalue weighted by Gasteiger charge is -2.36. The maximum Gasteiger partial charge on any atom is 0.00385 e. The number of likely N-dealkylation sites (tertiary alicyclic amines) is 1. The molecule has 2 heteroatoms. The highest BCUT2D eigenvalue weighted by molar-refractivity contribution is 4.76. The van der Waals surface area contributed by atoms with Gasteiger partial charge in [0.1, 0.15) is 0 Å². The minimum absolute atomic E-state index is 0.688. The second-order valence-corrected chi connectivity index (χ2v) is 5.61. The van der Waals surface area contributed by atoms with Gasteiger partial charge in [0.2, 0.25) is 0 Å². The van der Waals surface area contributed by atoms with Crippen molar-refractivity contribution in [2.75, 3.05) is 26.7 Å². The first-order chi connectivity index (χ1) is 7.00. The molecule has 0 aromatic heterocycles. The van der Waals surface area contributed by atoms with Crippen LogP contribution >= 0.6 is 0 Å². The first kappa shape index (κ1) is 13.0. The van der Waals surface area contributed by atoms with E-state index in [4.69, 9.17) is 0 Å². The van der Waals surface area contributed by atoms with Crippen LogP contribution in [0.15, 0.2) is 0 Å². The van der Waals surface area contributed by atoms with Gasteiger partial charge in [0.15, 0.2) is 0 Å². The van der Waals surface area contributed by atoms with Crippen molar-refractivity contribution in [2.45, 2.75) is 52.6 Å². The molecular weight excluding hydrogens is 184 g/mol. The Balaban J connectivity index is 2.25. The van der Waals surface area contributed by atoms with E-state index in [9.17, 15) is 0 Å². The van der Waals surface area contributed by atoms with Crippen LogP contribution in [-0.4, -0.2) is 48.6 Å². The van der Waals surface area contributed by atoms with E-state index in [-0.39, 0.29) is 0 Å². The Morgan fingerprint density at radius 2 is 1.67 bits per heavy atom. The Kier molecular flexibility index (Phi) is 5.07. The highest BCUT2D eigenvalue weighted by atomic mass is 15.2. The molecule has 0 atom stereocenters. The Morgan fingerprint density at radius 3 is 2.07 bits per heavy atom. The Labute approximate surface area is 95.6 Å². The van der Waals surface area contributed by atoms with Crippen molar-refractivity contribution in [1.29, 1.82) is 0 Å². The Morgan fingerprint density at radius 1 is 1.13 bits per heavy atom. The largest absolute Gasteiger partial charge is 0.304 e. The minimum Gasteiger partial charge on any atom is -0.304 e. The molecule has 0 radical (unpaired) electrons. The van der Waals surface area contributed by atoms with E-state index in [1.54, 1.807) is 0 Å². The summed E-state index contributed by atoms with van der Waals surface area (Å²) in [4.78, 5) is 5.08. The highest BCUT2D eigenvalue weighted by Crippen LogP contribution is 2.20. The fourth-order valence-corrected chi connectivity index (χ4v) is 2.27. The van der Waals surface area contributed by atoms with Crippen LogP contribution in [0.25, 0.3) is 0 Å². The number of rotatable bonds is 4. The van der Waals surface area contributed by atoms with Crippen LogP contribution in [0.3, 0.4) is 0 Å². The van der Waals surface area contributed by atoms with Crippen LogP contribution in [0, 0.1) is 5.92 Å². The lowest BCUT2D eigenvalue weighted by atomic mass is 9.95. The van der Waals surface area contributed by atoms with Gasteiger partial charge >= 0.3 is 0 Å². The zero-order chi connectivity index (χ0) is 11.4. The molecule has 1 saturated heterocycles. The predicted molar refractivity (Wildman–Crippen MR) is 67.2 cm³/mol. The summed E-state index contributed by atoms with van der Waals surface area (Å²) < 4.78 is 0. The van der Waals surface area contributed by atoms with Gasteiger partial charge in [-0.05, 0) is 66.6 Å². The van der Waals surface area contributed by atoms with E-state index in [2.05, 4.69) is 44.5 Å². The quantitative estimate of drug-likeness (QED) is 0.706. The summed E-state index contributed by atoms with van der Waals surface area (Å²) in [5.74, 6) is 0.924. The highest BCUT2D eigenvalue weighted by Gasteiger charge is 2.22. The number of nitrogens with zero attached hydrogens (tertiary/aromatic N) is 2. The van der Waals surface area contributed by atoms with Gasteiger partial charge in [-0.2, -0.15) is 0 Å². The summed E-state index contributed by atoms with van der Waals surface area (Å²) in [6.45, 7) is 13.1. The molecule has 0 spiro atoms. The number of hydrogen-bond donors (Lipinski definition) is 0. The zero-order valence-electron chi connectivity index (χ0n) is 11.2. The second-order valence-electron chi connectivity index (χ2n) is 5.61. The first-order valence-electron chi connectivity index (χ1n) is 6.45. The van der Waals surface area contributed by atoms with Gasteiger partial charge in [-0.1, -0.05) is 0 Å². The molecule has 1 fully saturated rings. The molecule has 0 bridgehead atoms. The average Bonchev–Trinajstić information content (AvgIpc) is 2.18. The molecule has 90 valence electrons.